The van der Waals surface area contributed by atoms with Crippen LogP contribution in [0.1, 0.15) is 22.6 Å². The highest BCUT2D eigenvalue weighted by molar-refractivity contribution is 6.31. The predicted octanol–water partition coefficient (Wildman–Crippen LogP) is 4.17. The average Bonchev–Trinajstić information content (AvgIpc) is 2.52. The lowest BCUT2D eigenvalue weighted by Crippen LogP contribution is -2.35. The van der Waals surface area contributed by atoms with E-state index in [1.807, 2.05) is 6.07 Å². The lowest BCUT2D eigenvalue weighted by atomic mass is 9.86. The number of hydrogen-bond acceptors (Lipinski definition) is 3. The molecule has 2 aromatic rings. The highest BCUT2D eigenvalue weighted by Crippen LogP contribution is 2.38. The first kappa shape index (κ1) is 18.1. The number of aliphatic hydroxyl groups is 1. The van der Waals surface area contributed by atoms with Gasteiger partial charge in [0.15, 0.2) is 6.10 Å². The molecule has 0 saturated carbocycles. The van der Waals surface area contributed by atoms with Crippen molar-refractivity contribution in [2.45, 2.75) is 24.6 Å². The number of hydrogen-bond donors (Lipinski definition) is 2. The second-order valence-electron chi connectivity index (χ2n) is 5.31. The third-order valence-corrected chi connectivity index (χ3v) is 3.97. The first-order valence-electron chi connectivity index (χ1n) is 6.94. The summed E-state index contributed by atoms with van der Waals surface area (Å²) >= 11 is 5.95. The monoisotopic (exact) mass is 355 g/mol. The Morgan fingerprint density at radius 1 is 1.12 bits per heavy atom. The minimum absolute atomic E-state index is 0.0584. The molecule has 0 aliphatic rings. The van der Waals surface area contributed by atoms with Crippen LogP contribution < -0.4 is 0 Å². The minimum Gasteiger partial charge on any atom is -0.508 e. The van der Waals surface area contributed by atoms with E-state index in [9.17, 15) is 23.4 Å². The molecule has 2 N–H and O–H groups in total. The standard InChI is InChI=1S/C17H13ClF3NO2/c18-15-8-12(23)5-6-13(15)14(16(24)17(19,20)21)7-10-1-3-11(9-22)4-2-10/h1-6,8,14,16,23-24H,7H2. The molecule has 0 heterocycles. The van der Waals surface area contributed by atoms with Crippen LogP contribution in [0, 0.1) is 11.3 Å². The van der Waals surface area contributed by atoms with E-state index in [1.54, 1.807) is 0 Å². The molecular formula is C17H13ClF3NO2. The zero-order valence-corrected chi connectivity index (χ0v) is 13.0. The number of phenols is 1. The topological polar surface area (TPSA) is 64.2 Å². The van der Waals surface area contributed by atoms with Crippen molar-refractivity contribution in [3.8, 4) is 11.8 Å². The van der Waals surface area contributed by atoms with Gasteiger partial charge in [-0.1, -0.05) is 29.8 Å². The highest BCUT2D eigenvalue weighted by Gasteiger charge is 2.44. The van der Waals surface area contributed by atoms with E-state index >= 15 is 0 Å². The van der Waals surface area contributed by atoms with Crippen molar-refractivity contribution < 1.29 is 23.4 Å². The predicted molar refractivity (Wildman–Crippen MR) is 82.8 cm³/mol. The van der Waals surface area contributed by atoms with Gasteiger partial charge >= 0.3 is 6.18 Å². The van der Waals surface area contributed by atoms with Gasteiger partial charge in [0.05, 0.1) is 11.6 Å². The molecule has 3 nitrogen and oxygen atoms in total. The molecule has 0 aliphatic heterocycles. The lowest BCUT2D eigenvalue weighted by Gasteiger charge is -2.26. The number of benzene rings is 2. The largest absolute Gasteiger partial charge is 0.508 e. The molecule has 0 spiro atoms. The fourth-order valence-electron chi connectivity index (χ4n) is 2.41. The quantitative estimate of drug-likeness (QED) is 0.865. The number of nitrogens with zero attached hydrogens (tertiary/aromatic N) is 1. The molecule has 7 heteroatoms. The van der Waals surface area contributed by atoms with E-state index in [0.717, 1.165) is 6.07 Å². The Labute approximate surface area is 141 Å². The zero-order chi connectivity index (χ0) is 17.9. The number of phenolic OH excluding ortho intramolecular Hbond substituents is 1. The molecule has 0 radical (unpaired) electrons. The first-order chi connectivity index (χ1) is 11.2. The summed E-state index contributed by atoms with van der Waals surface area (Å²) < 4.78 is 39.1. The fraction of sp³-hybridized carbons (Fsp3) is 0.235. The normalized spacial score (nSPS) is 14.0. The number of halogens is 4. The number of rotatable bonds is 4. The van der Waals surface area contributed by atoms with Gasteiger partial charge in [-0.2, -0.15) is 18.4 Å². The van der Waals surface area contributed by atoms with Gasteiger partial charge in [-0.05, 0) is 41.8 Å². The fourth-order valence-corrected chi connectivity index (χ4v) is 2.72. The molecule has 24 heavy (non-hydrogen) atoms. The summed E-state index contributed by atoms with van der Waals surface area (Å²) in [5.41, 5.74) is 0.990. The van der Waals surface area contributed by atoms with E-state index in [-0.39, 0.29) is 22.8 Å². The van der Waals surface area contributed by atoms with Gasteiger partial charge in [0.2, 0.25) is 0 Å². The molecule has 2 rings (SSSR count). The Morgan fingerprint density at radius 2 is 1.75 bits per heavy atom. The van der Waals surface area contributed by atoms with Gasteiger partial charge in [-0.15, -0.1) is 0 Å². The van der Waals surface area contributed by atoms with Crippen molar-refractivity contribution in [3.63, 3.8) is 0 Å². The maximum absolute atomic E-state index is 13.0. The van der Waals surface area contributed by atoms with Gasteiger partial charge in [0.25, 0.3) is 0 Å². The van der Waals surface area contributed by atoms with Crippen LogP contribution in [0.15, 0.2) is 42.5 Å². The van der Waals surface area contributed by atoms with Crippen LogP contribution >= 0.6 is 11.6 Å². The van der Waals surface area contributed by atoms with Crippen molar-refractivity contribution in [1.82, 2.24) is 0 Å². The first-order valence-corrected chi connectivity index (χ1v) is 7.32. The summed E-state index contributed by atoms with van der Waals surface area (Å²) in [5, 5.41) is 27.8. The van der Waals surface area contributed by atoms with Crippen molar-refractivity contribution in [3.05, 3.63) is 64.2 Å². The van der Waals surface area contributed by atoms with E-state index in [4.69, 9.17) is 16.9 Å². The molecule has 0 aromatic heterocycles. The second kappa shape index (κ2) is 7.12. The molecule has 0 fully saturated rings. The van der Waals surface area contributed by atoms with Crippen molar-refractivity contribution in [1.29, 1.82) is 5.26 Å². The van der Waals surface area contributed by atoms with E-state index in [2.05, 4.69) is 0 Å². The average molecular weight is 356 g/mol. The molecule has 126 valence electrons. The van der Waals surface area contributed by atoms with Crippen LogP contribution in [0.4, 0.5) is 13.2 Å². The van der Waals surface area contributed by atoms with Crippen LogP contribution in [0.2, 0.25) is 5.02 Å². The summed E-state index contributed by atoms with van der Waals surface area (Å²) in [4.78, 5) is 0. The van der Waals surface area contributed by atoms with Crippen LogP contribution in [0.25, 0.3) is 0 Å². The van der Waals surface area contributed by atoms with Gasteiger partial charge < -0.3 is 10.2 Å². The molecular weight excluding hydrogens is 343 g/mol. The SMILES string of the molecule is N#Cc1ccc(CC(c2ccc(O)cc2Cl)C(O)C(F)(F)F)cc1. The molecule has 0 amide bonds. The second-order valence-corrected chi connectivity index (χ2v) is 5.72. The lowest BCUT2D eigenvalue weighted by molar-refractivity contribution is -0.210. The molecule has 0 bridgehead atoms. The van der Waals surface area contributed by atoms with Gasteiger partial charge in [0.1, 0.15) is 5.75 Å². The minimum atomic E-state index is -4.82. The summed E-state index contributed by atoms with van der Waals surface area (Å²) in [6, 6.07) is 11.6. The molecule has 2 aromatic carbocycles. The molecule has 0 aliphatic carbocycles. The van der Waals surface area contributed by atoms with E-state index in [0.29, 0.717) is 11.1 Å². The third kappa shape index (κ3) is 4.19. The maximum atomic E-state index is 13.0. The Balaban J connectivity index is 2.40. The number of nitriles is 1. The Hall–Kier alpha value is -2.23. The zero-order valence-electron chi connectivity index (χ0n) is 12.3. The smallest absolute Gasteiger partial charge is 0.414 e. The number of alkyl halides is 3. The Kier molecular flexibility index (Phi) is 5.37. The maximum Gasteiger partial charge on any atom is 0.414 e. The van der Waals surface area contributed by atoms with Gasteiger partial charge in [0, 0.05) is 10.9 Å². The van der Waals surface area contributed by atoms with Crippen LogP contribution in [-0.4, -0.2) is 22.5 Å². The highest BCUT2D eigenvalue weighted by atomic mass is 35.5. The van der Waals surface area contributed by atoms with Gasteiger partial charge in [-0.25, -0.2) is 0 Å². The van der Waals surface area contributed by atoms with Crippen LogP contribution in [0.5, 0.6) is 5.75 Å². The van der Waals surface area contributed by atoms with Crippen molar-refractivity contribution in [2.24, 2.45) is 0 Å². The Bertz CT molecular complexity index is 754. The molecule has 2 unspecified atom stereocenters. The van der Waals surface area contributed by atoms with Crippen molar-refractivity contribution >= 4 is 11.6 Å². The van der Waals surface area contributed by atoms with E-state index < -0.39 is 18.2 Å². The summed E-state index contributed by atoms with van der Waals surface area (Å²) in [7, 11) is 0. The van der Waals surface area contributed by atoms with Crippen LogP contribution in [-0.2, 0) is 6.42 Å². The third-order valence-electron chi connectivity index (χ3n) is 3.64. The summed E-state index contributed by atoms with van der Waals surface area (Å²) in [5.74, 6) is -1.52. The van der Waals surface area contributed by atoms with Gasteiger partial charge in [-0.3, -0.25) is 0 Å². The molecule has 0 saturated heterocycles. The molecule has 2 atom stereocenters. The van der Waals surface area contributed by atoms with Crippen LogP contribution in [0.3, 0.4) is 0 Å². The Morgan fingerprint density at radius 3 is 2.25 bits per heavy atom. The summed E-state index contributed by atoms with van der Waals surface area (Å²) in [6.45, 7) is 0. The number of aliphatic hydroxyl groups excluding tert-OH is 1. The summed E-state index contributed by atoms with van der Waals surface area (Å²) in [6.07, 6.45) is -7.56. The van der Waals surface area contributed by atoms with Crippen molar-refractivity contribution in [2.75, 3.05) is 0 Å². The number of aromatic hydroxyl groups is 1. The van der Waals surface area contributed by atoms with E-state index in [1.165, 1.54) is 36.4 Å².